The second-order valence-electron chi connectivity index (χ2n) is 7.02. The summed E-state index contributed by atoms with van der Waals surface area (Å²) in [5.41, 5.74) is 1.15. The van der Waals surface area contributed by atoms with E-state index in [0.29, 0.717) is 24.6 Å². The third kappa shape index (κ3) is 3.29. The van der Waals surface area contributed by atoms with Crippen LogP contribution in [-0.4, -0.2) is 54.5 Å². The van der Waals surface area contributed by atoms with Crippen LogP contribution in [-0.2, 0) is 6.54 Å². The molecule has 4 unspecified atom stereocenters. The van der Waals surface area contributed by atoms with Crippen molar-refractivity contribution < 1.29 is 19.5 Å². The molecule has 25 heavy (non-hydrogen) atoms. The molecule has 3 N–H and O–H groups in total. The van der Waals surface area contributed by atoms with Crippen molar-refractivity contribution in [1.82, 2.24) is 25.5 Å². The molecule has 0 saturated heterocycles. The molecule has 0 bridgehead atoms. The third-order valence-electron chi connectivity index (χ3n) is 4.95. The van der Waals surface area contributed by atoms with Gasteiger partial charge >= 0.3 is 0 Å². The van der Waals surface area contributed by atoms with Gasteiger partial charge in [0.15, 0.2) is 5.69 Å². The molecule has 9 heteroatoms. The van der Waals surface area contributed by atoms with Gasteiger partial charge in [-0.3, -0.25) is 9.48 Å². The van der Waals surface area contributed by atoms with Crippen LogP contribution in [0.4, 0.5) is 0 Å². The molecule has 0 radical (unpaired) electrons. The number of hydrogen-bond acceptors (Lipinski definition) is 7. The van der Waals surface area contributed by atoms with Crippen molar-refractivity contribution in [3.05, 3.63) is 29.4 Å². The summed E-state index contributed by atoms with van der Waals surface area (Å²) >= 11 is 0. The van der Waals surface area contributed by atoms with Crippen molar-refractivity contribution in [2.75, 3.05) is 0 Å². The predicted molar refractivity (Wildman–Crippen MR) is 84.6 cm³/mol. The summed E-state index contributed by atoms with van der Waals surface area (Å²) < 4.78 is 6.59. The molecule has 2 heterocycles. The summed E-state index contributed by atoms with van der Waals surface area (Å²) in [6.45, 7) is 2.15. The zero-order chi connectivity index (χ0) is 17.6. The Morgan fingerprint density at radius 1 is 1.40 bits per heavy atom. The predicted octanol–water partition coefficient (Wildman–Crippen LogP) is -0.00778. The molecule has 4 rings (SSSR count). The molecule has 9 nitrogen and oxygen atoms in total. The molecule has 0 aromatic carbocycles. The van der Waals surface area contributed by atoms with Crippen LogP contribution in [0, 0.1) is 12.8 Å². The van der Waals surface area contributed by atoms with Crippen LogP contribution in [0.15, 0.2) is 16.8 Å². The van der Waals surface area contributed by atoms with Crippen LogP contribution < -0.4 is 5.32 Å². The summed E-state index contributed by atoms with van der Waals surface area (Å²) in [5, 5.41) is 35.2. The Labute approximate surface area is 144 Å². The average Bonchev–Trinajstić information content (AvgIpc) is 3.08. The van der Waals surface area contributed by atoms with Gasteiger partial charge in [0.25, 0.3) is 5.91 Å². The molecule has 2 aromatic rings. The molecule has 2 aromatic heterocycles. The first-order valence-corrected chi connectivity index (χ1v) is 8.51. The number of nitrogens with zero attached hydrogens (tertiary/aromatic N) is 4. The van der Waals surface area contributed by atoms with Gasteiger partial charge in [0.05, 0.1) is 17.8 Å². The van der Waals surface area contributed by atoms with E-state index < -0.39 is 24.2 Å². The van der Waals surface area contributed by atoms with E-state index in [4.69, 9.17) is 4.52 Å². The molecule has 2 fully saturated rings. The lowest BCUT2D eigenvalue weighted by Crippen LogP contribution is -2.43. The van der Waals surface area contributed by atoms with Gasteiger partial charge < -0.3 is 20.1 Å². The highest BCUT2D eigenvalue weighted by Crippen LogP contribution is 2.38. The highest BCUT2D eigenvalue weighted by molar-refractivity contribution is 5.92. The molecular weight excluding hydrogens is 326 g/mol. The van der Waals surface area contributed by atoms with E-state index in [-0.39, 0.29) is 11.6 Å². The Balaban J connectivity index is 1.38. The lowest BCUT2D eigenvalue weighted by molar-refractivity contribution is 0.00757. The standard InChI is InChI=1S/C16H21N5O4/c1-8-4-12(19-25-8)16(24)17-11-5-10(14(22)15(11)23)6-21-7-13(18-20-21)9-2-3-9/h4,7,9-11,14-15,22-23H,2-3,5-6H2,1H3,(H,17,24). The molecule has 2 aliphatic rings. The second-order valence-corrected chi connectivity index (χ2v) is 7.02. The molecule has 4 atom stereocenters. The Hall–Kier alpha value is -2.26. The maximum atomic E-state index is 12.2. The van der Waals surface area contributed by atoms with Crippen LogP contribution in [0.5, 0.6) is 0 Å². The summed E-state index contributed by atoms with van der Waals surface area (Å²) in [6, 6.07) is 0.982. The first kappa shape index (κ1) is 16.2. The van der Waals surface area contributed by atoms with Gasteiger partial charge in [-0.2, -0.15) is 0 Å². The number of aliphatic hydroxyl groups is 2. The van der Waals surface area contributed by atoms with Gasteiger partial charge in [-0.25, -0.2) is 0 Å². The number of carbonyl (C=O) groups excluding carboxylic acids is 1. The molecule has 134 valence electrons. The number of hydrogen-bond donors (Lipinski definition) is 3. The van der Waals surface area contributed by atoms with Gasteiger partial charge in [-0.15, -0.1) is 5.10 Å². The third-order valence-corrected chi connectivity index (χ3v) is 4.95. The van der Waals surface area contributed by atoms with Crippen molar-refractivity contribution in [1.29, 1.82) is 0 Å². The number of aryl methyl sites for hydroxylation is 1. The number of nitrogens with one attached hydrogen (secondary N) is 1. The number of rotatable bonds is 5. The van der Waals surface area contributed by atoms with E-state index >= 15 is 0 Å². The Morgan fingerprint density at radius 3 is 2.88 bits per heavy atom. The minimum atomic E-state index is -1.03. The maximum absolute atomic E-state index is 12.2. The van der Waals surface area contributed by atoms with E-state index in [2.05, 4.69) is 20.8 Å². The summed E-state index contributed by atoms with van der Waals surface area (Å²) in [6.07, 6.45) is 2.69. The SMILES string of the molecule is Cc1cc(C(=O)NC2CC(Cn3cc(C4CC4)nn3)C(O)C2O)no1. The largest absolute Gasteiger partial charge is 0.390 e. The normalized spacial score (nSPS) is 29.1. The van der Waals surface area contributed by atoms with E-state index in [1.165, 1.54) is 6.07 Å². The van der Waals surface area contributed by atoms with Gasteiger partial charge in [0, 0.05) is 30.6 Å². The summed E-state index contributed by atoms with van der Waals surface area (Å²) in [5.74, 6) is 0.414. The fourth-order valence-electron chi connectivity index (χ4n) is 3.37. The Kier molecular flexibility index (Phi) is 4.04. The lowest BCUT2D eigenvalue weighted by atomic mass is 10.1. The van der Waals surface area contributed by atoms with Crippen LogP contribution in [0.3, 0.4) is 0 Å². The van der Waals surface area contributed by atoms with E-state index in [0.717, 1.165) is 18.5 Å². The van der Waals surface area contributed by atoms with E-state index in [1.807, 2.05) is 6.20 Å². The van der Waals surface area contributed by atoms with Crippen LogP contribution in [0.1, 0.15) is 47.1 Å². The van der Waals surface area contributed by atoms with Gasteiger partial charge in [-0.05, 0) is 26.2 Å². The molecule has 2 saturated carbocycles. The number of aliphatic hydroxyl groups excluding tert-OH is 2. The fraction of sp³-hybridized carbons (Fsp3) is 0.625. The fourth-order valence-corrected chi connectivity index (χ4v) is 3.37. The van der Waals surface area contributed by atoms with Crippen molar-refractivity contribution >= 4 is 5.91 Å². The zero-order valence-electron chi connectivity index (χ0n) is 13.9. The minimum Gasteiger partial charge on any atom is -0.390 e. The van der Waals surface area contributed by atoms with Gasteiger partial charge in [0.2, 0.25) is 0 Å². The Morgan fingerprint density at radius 2 is 2.20 bits per heavy atom. The Bertz CT molecular complexity index is 768. The molecule has 2 aliphatic carbocycles. The quantitative estimate of drug-likeness (QED) is 0.694. The molecular formula is C16H21N5O4. The number of aromatic nitrogens is 4. The minimum absolute atomic E-state index is 0.160. The van der Waals surface area contributed by atoms with E-state index in [1.54, 1.807) is 11.6 Å². The first-order chi connectivity index (χ1) is 12.0. The first-order valence-electron chi connectivity index (χ1n) is 8.51. The summed E-state index contributed by atoms with van der Waals surface area (Å²) in [4.78, 5) is 12.2. The monoisotopic (exact) mass is 347 g/mol. The van der Waals surface area contributed by atoms with Crippen molar-refractivity contribution in [2.45, 2.75) is 56.9 Å². The van der Waals surface area contributed by atoms with Crippen molar-refractivity contribution in [2.24, 2.45) is 5.92 Å². The highest BCUT2D eigenvalue weighted by atomic mass is 16.5. The van der Waals surface area contributed by atoms with E-state index in [9.17, 15) is 15.0 Å². The van der Waals surface area contributed by atoms with Crippen LogP contribution in [0.2, 0.25) is 0 Å². The average molecular weight is 347 g/mol. The van der Waals surface area contributed by atoms with Gasteiger partial charge in [-0.1, -0.05) is 10.4 Å². The smallest absolute Gasteiger partial charge is 0.273 e. The maximum Gasteiger partial charge on any atom is 0.273 e. The lowest BCUT2D eigenvalue weighted by Gasteiger charge is -2.17. The topological polar surface area (TPSA) is 126 Å². The second kappa shape index (κ2) is 6.23. The van der Waals surface area contributed by atoms with Crippen LogP contribution >= 0.6 is 0 Å². The zero-order valence-corrected chi connectivity index (χ0v) is 13.9. The van der Waals surface area contributed by atoms with Crippen LogP contribution in [0.25, 0.3) is 0 Å². The van der Waals surface area contributed by atoms with Gasteiger partial charge in [0.1, 0.15) is 11.9 Å². The number of carbonyl (C=O) groups is 1. The highest BCUT2D eigenvalue weighted by Gasteiger charge is 2.42. The molecule has 0 aliphatic heterocycles. The molecule has 0 spiro atoms. The van der Waals surface area contributed by atoms with Crippen molar-refractivity contribution in [3.63, 3.8) is 0 Å². The number of amides is 1. The summed E-state index contributed by atoms with van der Waals surface area (Å²) in [7, 11) is 0. The van der Waals surface area contributed by atoms with Crippen molar-refractivity contribution in [3.8, 4) is 0 Å². The molecule has 1 amide bonds.